The molecule has 1 aromatic rings. The molecule has 8 heteroatoms. The lowest BCUT2D eigenvalue weighted by molar-refractivity contribution is -0.137. The minimum Gasteiger partial charge on any atom is -0.280 e. The lowest BCUT2D eigenvalue weighted by Crippen LogP contribution is -2.34. The molecule has 0 atom stereocenters. The quantitative estimate of drug-likeness (QED) is 0.846. The Morgan fingerprint density at radius 1 is 1.10 bits per heavy atom. The number of nitrogens with one attached hydrogen (secondary N) is 1. The third kappa shape index (κ3) is 3.41. The zero-order valence-electron chi connectivity index (χ0n) is 11.4. The molecule has 0 amide bonds. The van der Waals surface area contributed by atoms with Crippen LogP contribution in [0.2, 0.25) is 0 Å². The number of hydrogen-bond acceptors (Lipinski definition) is 2. The summed E-state index contributed by atoms with van der Waals surface area (Å²) < 4.78 is 76.5. The summed E-state index contributed by atoms with van der Waals surface area (Å²) in [6.07, 6.45) is -4.86. The first kappa shape index (κ1) is 16.7. The first-order valence-electron chi connectivity index (χ1n) is 5.65. The molecule has 20 heavy (non-hydrogen) atoms. The fourth-order valence-electron chi connectivity index (χ4n) is 1.36. The zero-order chi connectivity index (χ0) is 15.9. The standard InChI is InChI=1S/C12H15F4NO2S/c1-7-5-8(12(14,15)16)10(9(13)6-7)17-20(18,19)11(2,3)4/h5-6,17H,1-4H3. The van der Waals surface area contributed by atoms with Gasteiger partial charge in [-0.3, -0.25) is 4.72 Å². The van der Waals surface area contributed by atoms with Crippen LogP contribution in [0.5, 0.6) is 0 Å². The molecule has 0 fully saturated rings. The van der Waals surface area contributed by atoms with Gasteiger partial charge >= 0.3 is 6.18 Å². The van der Waals surface area contributed by atoms with Crippen molar-refractivity contribution in [2.24, 2.45) is 0 Å². The SMILES string of the molecule is Cc1cc(F)c(NS(=O)(=O)C(C)(C)C)c(C(F)(F)F)c1. The van der Waals surface area contributed by atoms with Crippen LogP contribution >= 0.6 is 0 Å². The number of halogens is 4. The normalized spacial score (nSPS) is 13.4. The van der Waals surface area contributed by atoms with E-state index in [1.165, 1.54) is 27.7 Å². The van der Waals surface area contributed by atoms with Gasteiger partial charge in [-0.2, -0.15) is 13.2 Å². The Morgan fingerprint density at radius 2 is 1.60 bits per heavy atom. The van der Waals surface area contributed by atoms with Gasteiger partial charge in [0.15, 0.2) is 0 Å². The Kier molecular flexibility index (Phi) is 4.11. The van der Waals surface area contributed by atoms with Crippen molar-refractivity contribution < 1.29 is 26.0 Å². The highest BCUT2D eigenvalue weighted by atomic mass is 32.2. The van der Waals surface area contributed by atoms with E-state index in [9.17, 15) is 26.0 Å². The van der Waals surface area contributed by atoms with E-state index in [1.807, 2.05) is 0 Å². The number of benzene rings is 1. The molecule has 0 saturated carbocycles. The molecule has 0 saturated heterocycles. The van der Waals surface area contributed by atoms with E-state index in [1.54, 1.807) is 4.72 Å². The molecule has 0 bridgehead atoms. The highest BCUT2D eigenvalue weighted by molar-refractivity contribution is 7.94. The van der Waals surface area contributed by atoms with Gasteiger partial charge in [0.05, 0.1) is 16.0 Å². The molecule has 0 unspecified atom stereocenters. The van der Waals surface area contributed by atoms with Crippen molar-refractivity contribution in [2.75, 3.05) is 4.72 Å². The van der Waals surface area contributed by atoms with E-state index in [2.05, 4.69) is 0 Å². The molecule has 114 valence electrons. The third-order valence-electron chi connectivity index (χ3n) is 2.58. The summed E-state index contributed by atoms with van der Waals surface area (Å²) in [7, 11) is -4.16. The van der Waals surface area contributed by atoms with E-state index in [-0.39, 0.29) is 5.56 Å². The first-order chi connectivity index (χ1) is 8.75. The molecular weight excluding hydrogens is 298 g/mol. The van der Waals surface area contributed by atoms with Crippen LogP contribution in [0.3, 0.4) is 0 Å². The van der Waals surface area contributed by atoms with E-state index >= 15 is 0 Å². The van der Waals surface area contributed by atoms with Crippen LogP contribution in [0.4, 0.5) is 23.2 Å². The van der Waals surface area contributed by atoms with Crippen molar-refractivity contribution in [3.05, 3.63) is 29.1 Å². The number of hydrogen-bond donors (Lipinski definition) is 1. The van der Waals surface area contributed by atoms with Crippen molar-refractivity contribution in [2.45, 2.75) is 38.6 Å². The molecule has 0 aliphatic rings. The topological polar surface area (TPSA) is 46.2 Å². The Hall–Kier alpha value is -1.31. The van der Waals surface area contributed by atoms with Gasteiger partial charge in [-0.15, -0.1) is 0 Å². The molecule has 0 heterocycles. The third-order valence-corrected chi connectivity index (χ3v) is 4.67. The number of alkyl halides is 3. The Balaban J connectivity index is 3.47. The highest BCUT2D eigenvalue weighted by Gasteiger charge is 2.38. The lowest BCUT2D eigenvalue weighted by Gasteiger charge is -2.23. The molecule has 0 aliphatic carbocycles. The minimum absolute atomic E-state index is 0.0496. The van der Waals surface area contributed by atoms with Crippen molar-refractivity contribution >= 4 is 15.7 Å². The predicted molar refractivity (Wildman–Crippen MR) is 68.4 cm³/mol. The van der Waals surface area contributed by atoms with Gasteiger partial charge in [0.2, 0.25) is 10.0 Å². The molecule has 1 rings (SSSR count). The molecule has 1 N–H and O–H groups in total. The van der Waals surface area contributed by atoms with Gasteiger partial charge in [0.1, 0.15) is 5.82 Å². The largest absolute Gasteiger partial charge is 0.418 e. The minimum atomic E-state index is -4.86. The molecule has 1 aromatic carbocycles. The number of aryl methyl sites for hydroxylation is 1. The molecule has 0 aromatic heterocycles. The number of sulfonamides is 1. The van der Waals surface area contributed by atoms with Crippen molar-refractivity contribution in [3.8, 4) is 0 Å². The summed E-state index contributed by atoms with van der Waals surface area (Å²) >= 11 is 0. The Bertz CT molecular complexity index is 616. The molecular formula is C12H15F4NO2S. The number of rotatable bonds is 2. The van der Waals surface area contributed by atoms with Crippen molar-refractivity contribution in [1.29, 1.82) is 0 Å². The summed E-state index contributed by atoms with van der Waals surface area (Å²) in [5.41, 5.74) is -2.37. The molecule has 0 spiro atoms. The van der Waals surface area contributed by atoms with Crippen LogP contribution in [0.25, 0.3) is 0 Å². The van der Waals surface area contributed by atoms with Gasteiger partial charge in [-0.1, -0.05) is 0 Å². The van der Waals surface area contributed by atoms with Gasteiger partial charge in [0.25, 0.3) is 0 Å². The van der Waals surface area contributed by atoms with E-state index in [0.717, 1.165) is 6.07 Å². The van der Waals surface area contributed by atoms with Gasteiger partial charge < -0.3 is 0 Å². The second-order valence-corrected chi connectivity index (χ2v) is 7.82. The van der Waals surface area contributed by atoms with Gasteiger partial charge in [-0.05, 0) is 45.4 Å². The lowest BCUT2D eigenvalue weighted by atomic mass is 10.1. The van der Waals surface area contributed by atoms with Crippen LogP contribution in [0, 0.1) is 12.7 Å². The maximum atomic E-state index is 13.7. The van der Waals surface area contributed by atoms with Gasteiger partial charge in [-0.25, -0.2) is 12.8 Å². The summed E-state index contributed by atoms with van der Waals surface area (Å²) in [5.74, 6) is -1.26. The average molecular weight is 313 g/mol. The Labute approximate surface area is 115 Å². The van der Waals surface area contributed by atoms with Crippen LogP contribution in [-0.2, 0) is 16.2 Å². The second kappa shape index (κ2) is 4.91. The van der Waals surface area contributed by atoms with E-state index in [0.29, 0.717) is 6.07 Å². The zero-order valence-corrected chi connectivity index (χ0v) is 12.2. The average Bonchev–Trinajstić information content (AvgIpc) is 2.18. The number of anilines is 1. The van der Waals surface area contributed by atoms with Crippen molar-refractivity contribution in [3.63, 3.8) is 0 Å². The molecule has 0 radical (unpaired) electrons. The fourth-order valence-corrected chi connectivity index (χ4v) is 2.14. The van der Waals surface area contributed by atoms with Crippen LogP contribution in [0.1, 0.15) is 31.9 Å². The maximum Gasteiger partial charge on any atom is 0.418 e. The molecule has 3 nitrogen and oxygen atoms in total. The molecule has 0 aliphatic heterocycles. The summed E-state index contributed by atoms with van der Waals surface area (Å²) in [4.78, 5) is 0. The predicted octanol–water partition coefficient (Wildman–Crippen LogP) is 3.69. The summed E-state index contributed by atoms with van der Waals surface area (Å²) in [6, 6.07) is 1.54. The summed E-state index contributed by atoms with van der Waals surface area (Å²) in [6.45, 7) is 5.19. The highest BCUT2D eigenvalue weighted by Crippen LogP contribution is 2.38. The maximum absolute atomic E-state index is 13.7. The fraction of sp³-hybridized carbons (Fsp3) is 0.500. The summed E-state index contributed by atoms with van der Waals surface area (Å²) in [5, 5.41) is 0. The first-order valence-corrected chi connectivity index (χ1v) is 7.14. The Morgan fingerprint density at radius 3 is 2.00 bits per heavy atom. The van der Waals surface area contributed by atoms with Crippen molar-refractivity contribution in [1.82, 2.24) is 0 Å². The smallest absolute Gasteiger partial charge is 0.280 e. The van der Waals surface area contributed by atoms with Crippen LogP contribution in [-0.4, -0.2) is 13.2 Å². The monoisotopic (exact) mass is 313 g/mol. The van der Waals surface area contributed by atoms with Crippen LogP contribution in [0.15, 0.2) is 12.1 Å². The van der Waals surface area contributed by atoms with Gasteiger partial charge in [0, 0.05) is 0 Å². The second-order valence-electron chi connectivity index (χ2n) is 5.38. The van der Waals surface area contributed by atoms with Crippen LogP contribution < -0.4 is 4.72 Å². The van der Waals surface area contributed by atoms with E-state index in [4.69, 9.17) is 0 Å². The van der Waals surface area contributed by atoms with E-state index < -0.39 is 38.0 Å².